The molecule has 0 aromatic carbocycles. The van der Waals surface area contributed by atoms with E-state index in [4.69, 9.17) is 6.42 Å². The van der Waals surface area contributed by atoms with Gasteiger partial charge < -0.3 is 4.90 Å². The van der Waals surface area contributed by atoms with Gasteiger partial charge in [-0.2, -0.15) is 15.4 Å². The maximum Gasteiger partial charge on any atom is 0.276 e. The van der Waals surface area contributed by atoms with Gasteiger partial charge in [0.1, 0.15) is 0 Å². The third-order valence-corrected chi connectivity index (χ3v) is 1.31. The smallest absolute Gasteiger partial charge is 0.276 e. The lowest BCUT2D eigenvalue weighted by molar-refractivity contribution is 0.0807. The van der Waals surface area contributed by atoms with Crippen LogP contribution in [0.4, 0.5) is 0 Å². The maximum absolute atomic E-state index is 11.3. The van der Waals surface area contributed by atoms with Crippen LogP contribution in [0.1, 0.15) is 10.5 Å². The van der Waals surface area contributed by atoms with Crippen molar-refractivity contribution >= 4 is 5.91 Å². The second-order valence-electron chi connectivity index (χ2n) is 2.22. The minimum atomic E-state index is -0.235. The van der Waals surface area contributed by atoms with Crippen LogP contribution < -0.4 is 0 Å². The first-order chi connectivity index (χ1) is 5.75. The first kappa shape index (κ1) is 8.27. The zero-order valence-corrected chi connectivity index (χ0v) is 6.61. The molecule has 0 aliphatic rings. The fourth-order valence-electron chi connectivity index (χ4n) is 0.709. The Bertz CT molecular complexity index is 298. The van der Waals surface area contributed by atoms with E-state index in [1.807, 2.05) is 0 Å². The number of nitrogens with zero attached hydrogens (tertiary/aromatic N) is 3. The zero-order chi connectivity index (χ0) is 8.97. The quantitative estimate of drug-likeness (QED) is 0.600. The molecule has 62 valence electrons. The first-order valence-corrected chi connectivity index (χ1v) is 3.30. The Hall–Kier alpha value is -1.83. The van der Waals surface area contributed by atoms with Gasteiger partial charge in [-0.1, -0.05) is 5.92 Å². The Kier molecular flexibility index (Phi) is 2.43. The molecule has 0 saturated carbocycles. The summed E-state index contributed by atoms with van der Waals surface area (Å²) in [5.41, 5.74) is 0.271. The van der Waals surface area contributed by atoms with E-state index in [0.717, 1.165) is 0 Å². The van der Waals surface area contributed by atoms with E-state index >= 15 is 0 Å². The van der Waals surface area contributed by atoms with Crippen molar-refractivity contribution < 1.29 is 4.79 Å². The average molecular weight is 164 g/mol. The largest absolute Gasteiger partial charge is 0.329 e. The topological polar surface area (TPSA) is 61.9 Å². The number of carbonyl (C=O) groups is 1. The number of rotatable bonds is 2. The Balaban J connectivity index is 2.67. The van der Waals surface area contributed by atoms with Crippen molar-refractivity contribution in [3.05, 3.63) is 11.9 Å². The number of aromatic nitrogens is 3. The van der Waals surface area contributed by atoms with Crippen LogP contribution in [0.3, 0.4) is 0 Å². The first-order valence-electron chi connectivity index (χ1n) is 3.30. The van der Waals surface area contributed by atoms with Gasteiger partial charge in [-0.05, 0) is 0 Å². The van der Waals surface area contributed by atoms with Gasteiger partial charge in [0.05, 0.1) is 12.7 Å². The Morgan fingerprint density at radius 3 is 3.17 bits per heavy atom. The number of carbonyl (C=O) groups excluding carboxylic acids is 1. The number of amides is 1. The van der Waals surface area contributed by atoms with Gasteiger partial charge in [-0.3, -0.25) is 4.79 Å². The van der Waals surface area contributed by atoms with Crippen LogP contribution >= 0.6 is 0 Å². The second kappa shape index (κ2) is 3.53. The van der Waals surface area contributed by atoms with E-state index < -0.39 is 0 Å². The van der Waals surface area contributed by atoms with E-state index in [9.17, 15) is 4.79 Å². The van der Waals surface area contributed by atoms with Crippen LogP contribution in [0.2, 0.25) is 0 Å². The summed E-state index contributed by atoms with van der Waals surface area (Å²) in [5, 5.41) is 9.48. The Morgan fingerprint density at radius 2 is 2.67 bits per heavy atom. The number of nitrogens with one attached hydrogen (secondary N) is 1. The number of H-pyrrole nitrogens is 1. The van der Waals surface area contributed by atoms with E-state index in [1.54, 1.807) is 7.05 Å². The molecule has 12 heavy (non-hydrogen) atoms. The van der Waals surface area contributed by atoms with Crippen molar-refractivity contribution in [3.63, 3.8) is 0 Å². The van der Waals surface area contributed by atoms with Crippen LogP contribution in [0.25, 0.3) is 0 Å². The summed E-state index contributed by atoms with van der Waals surface area (Å²) in [6.07, 6.45) is 6.39. The highest BCUT2D eigenvalue weighted by molar-refractivity contribution is 5.91. The monoisotopic (exact) mass is 164 g/mol. The summed E-state index contributed by atoms with van der Waals surface area (Å²) in [5.74, 6) is 2.12. The van der Waals surface area contributed by atoms with Gasteiger partial charge >= 0.3 is 0 Å². The number of terminal acetylenes is 1. The lowest BCUT2D eigenvalue weighted by atomic mass is 10.4. The lowest BCUT2D eigenvalue weighted by Crippen LogP contribution is -2.27. The van der Waals surface area contributed by atoms with Gasteiger partial charge in [0.25, 0.3) is 5.91 Å². The fourth-order valence-corrected chi connectivity index (χ4v) is 0.709. The molecule has 1 heterocycles. The molecule has 1 amide bonds. The molecule has 0 saturated heterocycles. The molecule has 5 heteroatoms. The highest BCUT2D eigenvalue weighted by atomic mass is 16.2. The normalized spacial score (nSPS) is 9.00. The molecule has 0 radical (unpaired) electrons. The summed E-state index contributed by atoms with van der Waals surface area (Å²) in [4.78, 5) is 12.7. The van der Waals surface area contributed by atoms with Crippen LogP contribution in [-0.4, -0.2) is 39.8 Å². The molecular weight excluding hydrogens is 156 g/mol. The zero-order valence-electron chi connectivity index (χ0n) is 6.61. The summed E-state index contributed by atoms with van der Waals surface area (Å²) >= 11 is 0. The van der Waals surface area contributed by atoms with Gasteiger partial charge in [-0.15, -0.1) is 6.42 Å². The summed E-state index contributed by atoms with van der Waals surface area (Å²) in [6.45, 7) is 0.270. The Morgan fingerprint density at radius 1 is 1.92 bits per heavy atom. The minimum absolute atomic E-state index is 0.235. The third kappa shape index (κ3) is 1.61. The van der Waals surface area contributed by atoms with Crippen molar-refractivity contribution in [3.8, 4) is 12.3 Å². The molecule has 0 aliphatic carbocycles. The molecule has 0 spiro atoms. The third-order valence-electron chi connectivity index (χ3n) is 1.31. The van der Waals surface area contributed by atoms with E-state index in [1.165, 1.54) is 11.1 Å². The predicted molar refractivity (Wildman–Crippen MR) is 42.2 cm³/mol. The number of hydrogen-bond donors (Lipinski definition) is 1. The van der Waals surface area contributed by atoms with Crippen molar-refractivity contribution in [2.75, 3.05) is 13.6 Å². The predicted octanol–water partition coefficient (Wildman–Crippen LogP) is -0.490. The molecule has 1 aromatic rings. The lowest BCUT2D eigenvalue weighted by Gasteiger charge is -2.10. The van der Waals surface area contributed by atoms with Crippen molar-refractivity contribution in [1.82, 2.24) is 20.3 Å². The van der Waals surface area contributed by atoms with E-state index in [0.29, 0.717) is 0 Å². The molecule has 1 N–H and O–H groups in total. The summed E-state index contributed by atoms with van der Waals surface area (Å²) < 4.78 is 0. The van der Waals surface area contributed by atoms with Gasteiger partial charge in [0.2, 0.25) is 0 Å². The highest BCUT2D eigenvalue weighted by Gasteiger charge is 2.12. The van der Waals surface area contributed by atoms with E-state index in [-0.39, 0.29) is 18.1 Å². The fraction of sp³-hybridized carbons (Fsp3) is 0.286. The van der Waals surface area contributed by atoms with Gasteiger partial charge in [0.15, 0.2) is 5.69 Å². The van der Waals surface area contributed by atoms with E-state index in [2.05, 4.69) is 21.3 Å². The van der Waals surface area contributed by atoms with Crippen LogP contribution in [0, 0.1) is 12.3 Å². The SMILES string of the molecule is C#CCN(C)C(=O)c1cn[nH]n1. The molecule has 0 unspecified atom stereocenters. The summed E-state index contributed by atoms with van der Waals surface area (Å²) in [7, 11) is 1.61. The number of hydrogen-bond acceptors (Lipinski definition) is 3. The molecule has 0 fully saturated rings. The van der Waals surface area contributed by atoms with Gasteiger partial charge in [-0.25, -0.2) is 0 Å². The molecule has 0 bridgehead atoms. The highest BCUT2D eigenvalue weighted by Crippen LogP contribution is 1.94. The Labute approximate surface area is 69.8 Å². The van der Waals surface area contributed by atoms with Crippen LogP contribution in [-0.2, 0) is 0 Å². The maximum atomic E-state index is 11.3. The van der Waals surface area contributed by atoms with Crippen molar-refractivity contribution in [2.24, 2.45) is 0 Å². The molecule has 1 rings (SSSR count). The molecule has 0 aliphatic heterocycles. The van der Waals surface area contributed by atoms with Crippen LogP contribution in [0.5, 0.6) is 0 Å². The minimum Gasteiger partial charge on any atom is -0.329 e. The second-order valence-corrected chi connectivity index (χ2v) is 2.22. The molecule has 1 aromatic heterocycles. The average Bonchev–Trinajstić information content (AvgIpc) is 2.55. The standard InChI is InChI=1S/C7H8N4O/c1-3-4-11(2)7(12)6-5-8-10-9-6/h1,5H,4H2,2H3,(H,8,9,10). The number of aromatic amines is 1. The van der Waals surface area contributed by atoms with Crippen LogP contribution in [0.15, 0.2) is 6.20 Å². The van der Waals surface area contributed by atoms with Gasteiger partial charge in [0, 0.05) is 7.05 Å². The molecule has 5 nitrogen and oxygen atoms in total. The van der Waals surface area contributed by atoms with Crippen molar-refractivity contribution in [2.45, 2.75) is 0 Å². The van der Waals surface area contributed by atoms with Crippen molar-refractivity contribution in [1.29, 1.82) is 0 Å². The summed E-state index contributed by atoms with van der Waals surface area (Å²) in [6, 6.07) is 0. The molecule has 0 atom stereocenters. The molecular formula is C7H8N4O.